The number of aromatic nitrogens is 2. The van der Waals surface area contributed by atoms with E-state index >= 15 is 0 Å². The molecular formula is C25H18N2O5S. The fourth-order valence-corrected chi connectivity index (χ4v) is 4.67. The first-order valence-electron chi connectivity index (χ1n) is 10.1. The highest BCUT2D eigenvalue weighted by Gasteiger charge is 2.15. The summed E-state index contributed by atoms with van der Waals surface area (Å²) in [6.45, 7) is 0. The average Bonchev–Trinajstić information content (AvgIpc) is 2.82. The summed E-state index contributed by atoms with van der Waals surface area (Å²) in [7, 11) is 1.57. The van der Waals surface area contributed by atoms with Crippen LogP contribution in [0.15, 0.2) is 92.0 Å². The summed E-state index contributed by atoms with van der Waals surface area (Å²) in [5, 5.41) is 11.4. The summed E-state index contributed by atoms with van der Waals surface area (Å²) in [5.41, 5.74) is 1.52. The SMILES string of the molecule is COc1cccc(-n2c(SCc3cc(=O)oc4cc(O)ccc34)nc3ccccc3c2=O)c1. The molecular weight excluding hydrogens is 440 g/mol. The van der Waals surface area contributed by atoms with Gasteiger partial charge in [0.05, 0.1) is 23.7 Å². The van der Waals surface area contributed by atoms with E-state index in [1.807, 2.05) is 18.2 Å². The molecule has 0 aliphatic heterocycles. The number of benzene rings is 3. The van der Waals surface area contributed by atoms with Gasteiger partial charge in [-0.05, 0) is 42.0 Å². The number of rotatable bonds is 5. The van der Waals surface area contributed by atoms with Crippen LogP contribution in [-0.4, -0.2) is 21.8 Å². The van der Waals surface area contributed by atoms with Crippen LogP contribution in [0.25, 0.3) is 27.6 Å². The van der Waals surface area contributed by atoms with Crippen molar-refractivity contribution in [1.29, 1.82) is 0 Å². The molecule has 0 amide bonds. The van der Waals surface area contributed by atoms with Crippen molar-refractivity contribution in [2.75, 3.05) is 7.11 Å². The summed E-state index contributed by atoms with van der Waals surface area (Å²) in [6.07, 6.45) is 0. The van der Waals surface area contributed by atoms with Gasteiger partial charge in [0.1, 0.15) is 17.1 Å². The highest BCUT2D eigenvalue weighted by atomic mass is 32.2. The van der Waals surface area contributed by atoms with Crippen molar-refractivity contribution < 1.29 is 14.3 Å². The minimum absolute atomic E-state index is 0.0125. The van der Waals surface area contributed by atoms with E-state index in [0.29, 0.717) is 49.8 Å². The summed E-state index contributed by atoms with van der Waals surface area (Å²) < 4.78 is 12.1. The molecule has 0 radical (unpaired) electrons. The second-order valence-electron chi connectivity index (χ2n) is 7.31. The maximum atomic E-state index is 13.4. The maximum Gasteiger partial charge on any atom is 0.336 e. The Kier molecular flexibility index (Phi) is 5.35. The van der Waals surface area contributed by atoms with Gasteiger partial charge in [0.25, 0.3) is 5.56 Å². The predicted molar refractivity (Wildman–Crippen MR) is 128 cm³/mol. The van der Waals surface area contributed by atoms with Gasteiger partial charge in [0, 0.05) is 29.3 Å². The van der Waals surface area contributed by atoms with E-state index in [0.717, 1.165) is 0 Å². The third-order valence-corrected chi connectivity index (χ3v) is 6.21. The smallest absolute Gasteiger partial charge is 0.336 e. The Bertz CT molecular complexity index is 1620. The molecule has 2 aromatic heterocycles. The van der Waals surface area contributed by atoms with Gasteiger partial charge in [0.2, 0.25) is 0 Å². The lowest BCUT2D eigenvalue weighted by molar-refractivity contribution is 0.414. The van der Waals surface area contributed by atoms with E-state index in [1.165, 1.54) is 30.0 Å². The molecule has 164 valence electrons. The molecule has 0 unspecified atom stereocenters. The number of para-hydroxylation sites is 1. The average molecular weight is 458 g/mol. The van der Waals surface area contributed by atoms with Gasteiger partial charge in [0.15, 0.2) is 5.16 Å². The minimum Gasteiger partial charge on any atom is -0.508 e. The standard InChI is InChI=1S/C25H18N2O5S/c1-31-18-6-4-5-16(12-18)27-24(30)20-7-2-3-8-21(20)26-25(27)33-14-15-11-23(29)32-22-13-17(28)9-10-19(15)22/h2-13,28H,14H2,1H3. The van der Waals surface area contributed by atoms with E-state index in [2.05, 4.69) is 0 Å². The van der Waals surface area contributed by atoms with Crippen LogP contribution in [-0.2, 0) is 5.75 Å². The summed E-state index contributed by atoms with van der Waals surface area (Å²) in [6, 6.07) is 20.5. The van der Waals surface area contributed by atoms with Crippen LogP contribution < -0.4 is 15.9 Å². The second kappa shape index (κ2) is 8.48. The molecule has 33 heavy (non-hydrogen) atoms. The van der Waals surface area contributed by atoms with Gasteiger partial charge in [-0.2, -0.15) is 0 Å². The van der Waals surface area contributed by atoms with Crippen molar-refractivity contribution in [1.82, 2.24) is 9.55 Å². The molecule has 5 rings (SSSR count). The Labute approximate surface area is 191 Å². The van der Waals surface area contributed by atoms with Crippen LogP contribution in [0.2, 0.25) is 0 Å². The monoisotopic (exact) mass is 458 g/mol. The van der Waals surface area contributed by atoms with Crippen LogP contribution >= 0.6 is 11.8 Å². The molecule has 7 nitrogen and oxygen atoms in total. The number of phenols is 1. The van der Waals surface area contributed by atoms with E-state index in [-0.39, 0.29) is 11.3 Å². The van der Waals surface area contributed by atoms with E-state index < -0.39 is 5.63 Å². The van der Waals surface area contributed by atoms with E-state index in [4.69, 9.17) is 14.1 Å². The van der Waals surface area contributed by atoms with Crippen LogP contribution in [0.5, 0.6) is 11.5 Å². The number of phenolic OH excluding ortho intramolecular Hbond substituents is 1. The molecule has 0 fully saturated rings. The summed E-state index contributed by atoms with van der Waals surface area (Å²) in [5.74, 6) is 0.996. The van der Waals surface area contributed by atoms with Gasteiger partial charge in [-0.3, -0.25) is 9.36 Å². The molecule has 0 bridgehead atoms. The molecule has 0 saturated carbocycles. The van der Waals surface area contributed by atoms with Gasteiger partial charge in [-0.15, -0.1) is 0 Å². The number of hydrogen-bond acceptors (Lipinski definition) is 7. The second-order valence-corrected chi connectivity index (χ2v) is 8.26. The molecule has 0 aliphatic rings. The van der Waals surface area contributed by atoms with E-state index in [9.17, 15) is 14.7 Å². The topological polar surface area (TPSA) is 94.6 Å². The van der Waals surface area contributed by atoms with Crippen molar-refractivity contribution in [3.8, 4) is 17.2 Å². The normalized spacial score (nSPS) is 11.2. The first-order valence-corrected chi connectivity index (χ1v) is 11.1. The van der Waals surface area contributed by atoms with Crippen molar-refractivity contribution in [3.63, 3.8) is 0 Å². The first kappa shape index (κ1) is 20.8. The third-order valence-electron chi connectivity index (χ3n) is 5.23. The van der Waals surface area contributed by atoms with Crippen LogP contribution in [0.1, 0.15) is 5.56 Å². The molecule has 5 aromatic rings. The number of methoxy groups -OCH3 is 1. The van der Waals surface area contributed by atoms with Crippen molar-refractivity contribution in [3.05, 3.63) is 99.1 Å². The van der Waals surface area contributed by atoms with Crippen LogP contribution in [0.4, 0.5) is 0 Å². The van der Waals surface area contributed by atoms with Crippen molar-refractivity contribution in [2.24, 2.45) is 0 Å². The number of thioether (sulfide) groups is 1. The zero-order valence-electron chi connectivity index (χ0n) is 17.5. The summed E-state index contributed by atoms with van der Waals surface area (Å²) >= 11 is 1.33. The number of ether oxygens (including phenoxy) is 1. The minimum atomic E-state index is -0.514. The molecule has 2 heterocycles. The van der Waals surface area contributed by atoms with Gasteiger partial charge >= 0.3 is 5.63 Å². The molecule has 0 saturated heterocycles. The molecule has 0 atom stereocenters. The Hall–Kier alpha value is -4.04. The fourth-order valence-electron chi connectivity index (χ4n) is 3.67. The number of fused-ring (bicyclic) bond motifs is 2. The molecule has 0 aliphatic carbocycles. The zero-order chi connectivity index (χ0) is 22.9. The predicted octanol–water partition coefficient (Wildman–Crippen LogP) is 4.50. The van der Waals surface area contributed by atoms with Crippen molar-refractivity contribution >= 4 is 33.6 Å². The molecule has 1 N–H and O–H groups in total. The van der Waals surface area contributed by atoms with Crippen LogP contribution in [0, 0.1) is 0 Å². The quantitative estimate of drug-likeness (QED) is 0.235. The van der Waals surface area contributed by atoms with Crippen LogP contribution in [0.3, 0.4) is 0 Å². The molecule has 3 aromatic carbocycles. The van der Waals surface area contributed by atoms with E-state index in [1.54, 1.807) is 48.1 Å². The Morgan fingerprint density at radius 2 is 1.85 bits per heavy atom. The lowest BCUT2D eigenvalue weighted by Crippen LogP contribution is -2.21. The largest absolute Gasteiger partial charge is 0.508 e. The van der Waals surface area contributed by atoms with Crippen molar-refractivity contribution in [2.45, 2.75) is 10.9 Å². The fraction of sp³-hybridized carbons (Fsp3) is 0.0800. The molecule has 8 heteroatoms. The highest BCUT2D eigenvalue weighted by molar-refractivity contribution is 7.98. The lowest BCUT2D eigenvalue weighted by Gasteiger charge is -2.14. The Balaban J connectivity index is 1.65. The van der Waals surface area contributed by atoms with Gasteiger partial charge < -0.3 is 14.3 Å². The number of nitrogens with zero attached hydrogens (tertiary/aromatic N) is 2. The zero-order valence-corrected chi connectivity index (χ0v) is 18.3. The lowest BCUT2D eigenvalue weighted by atomic mass is 10.1. The van der Waals surface area contributed by atoms with Gasteiger partial charge in [-0.1, -0.05) is 30.0 Å². The highest BCUT2D eigenvalue weighted by Crippen LogP contribution is 2.29. The maximum absolute atomic E-state index is 13.4. The number of aromatic hydroxyl groups is 1. The Morgan fingerprint density at radius 1 is 1.00 bits per heavy atom. The Morgan fingerprint density at radius 3 is 2.70 bits per heavy atom. The third kappa shape index (κ3) is 3.96. The molecule has 0 spiro atoms. The van der Waals surface area contributed by atoms with Gasteiger partial charge in [-0.25, -0.2) is 9.78 Å². The summed E-state index contributed by atoms with van der Waals surface area (Å²) in [4.78, 5) is 30.3. The first-order chi connectivity index (χ1) is 16.0. The number of hydrogen-bond donors (Lipinski definition) is 1.